The Hall–Kier alpha value is -0.990. The summed E-state index contributed by atoms with van der Waals surface area (Å²) in [6.45, 7) is 13.3. The van der Waals surface area contributed by atoms with E-state index in [0.717, 1.165) is 56.1 Å². The molecule has 1 rings (SSSR count). The fourth-order valence-electron chi connectivity index (χ4n) is 3.69. The maximum absolute atomic E-state index is 12.8. The van der Waals surface area contributed by atoms with Crippen molar-refractivity contribution >= 4 is 21.8 Å². The molecule has 0 bridgehead atoms. The predicted molar refractivity (Wildman–Crippen MR) is 122 cm³/mol. The van der Waals surface area contributed by atoms with Gasteiger partial charge in [-0.2, -0.15) is 8.42 Å². The van der Waals surface area contributed by atoms with Crippen molar-refractivity contribution in [1.82, 2.24) is 4.90 Å². The first-order valence-electron chi connectivity index (χ1n) is 11.2. The number of carbonyl (C=O) groups is 2. The number of amides is 1. The molecule has 7 nitrogen and oxygen atoms in total. The van der Waals surface area contributed by atoms with Gasteiger partial charge in [0.2, 0.25) is 5.91 Å². The van der Waals surface area contributed by atoms with Gasteiger partial charge < -0.3 is 9.38 Å². The standard InChI is InChI=1S/C19H37N2O2.C3H8O3S/c1-7-19(4,15-16(3)20-13-9-12-18(20)23)17(22)11-10-14-21(5,6)8-2;1-3-6-7(2,4)5/h16H,7-15H2,1-6H3;3H2,1-2H3/q+1;. The van der Waals surface area contributed by atoms with Crippen molar-refractivity contribution in [2.45, 2.75) is 79.2 Å². The van der Waals surface area contributed by atoms with E-state index in [1.807, 2.05) is 4.90 Å². The van der Waals surface area contributed by atoms with Crippen LogP contribution in [0.4, 0.5) is 0 Å². The lowest BCUT2D eigenvalue weighted by Gasteiger charge is -2.34. The summed E-state index contributed by atoms with van der Waals surface area (Å²) in [7, 11) is 1.25. The van der Waals surface area contributed by atoms with Crippen LogP contribution in [0.25, 0.3) is 0 Å². The lowest BCUT2D eigenvalue weighted by Crippen LogP contribution is -2.42. The summed E-state index contributed by atoms with van der Waals surface area (Å²) in [5.41, 5.74) is -0.300. The summed E-state index contributed by atoms with van der Waals surface area (Å²) in [6, 6.07) is 0.168. The number of hydrogen-bond donors (Lipinski definition) is 0. The van der Waals surface area contributed by atoms with Crippen molar-refractivity contribution in [3.63, 3.8) is 0 Å². The van der Waals surface area contributed by atoms with Gasteiger partial charge in [-0.15, -0.1) is 0 Å². The SMILES string of the molecule is CCC(C)(CC(C)N1CCCC1=O)C(=O)CCC[N+](C)(C)CC.CCOS(C)(=O)=O. The molecular formula is C22H45N2O5S+. The number of likely N-dealkylation sites (tertiary alicyclic amines) is 1. The van der Waals surface area contributed by atoms with Crippen molar-refractivity contribution < 1.29 is 26.7 Å². The molecule has 1 aliphatic heterocycles. The summed E-state index contributed by atoms with van der Waals surface area (Å²) in [4.78, 5) is 26.7. The molecule has 0 saturated carbocycles. The van der Waals surface area contributed by atoms with E-state index in [9.17, 15) is 18.0 Å². The highest BCUT2D eigenvalue weighted by atomic mass is 32.2. The Bertz CT molecular complexity index is 648. The maximum Gasteiger partial charge on any atom is 0.264 e. The zero-order valence-corrected chi connectivity index (χ0v) is 21.3. The van der Waals surface area contributed by atoms with E-state index in [2.05, 4.69) is 46.0 Å². The van der Waals surface area contributed by atoms with Crippen molar-refractivity contribution in [2.75, 3.05) is 46.6 Å². The molecule has 8 heteroatoms. The smallest absolute Gasteiger partial charge is 0.264 e. The van der Waals surface area contributed by atoms with Gasteiger partial charge in [-0.25, -0.2) is 0 Å². The molecule has 0 aliphatic carbocycles. The number of hydrogen-bond acceptors (Lipinski definition) is 5. The second kappa shape index (κ2) is 12.8. The van der Waals surface area contributed by atoms with Gasteiger partial charge in [-0.3, -0.25) is 13.8 Å². The van der Waals surface area contributed by atoms with Crippen LogP contribution in [0.3, 0.4) is 0 Å². The van der Waals surface area contributed by atoms with E-state index < -0.39 is 10.1 Å². The summed E-state index contributed by atoms with van der Waals surface area (Å²) in [6.07, 6.45) is 5.91. The highest BCUT2D eigenvalue weighted by Crippen LogP contribution is 2.33. The largest absolute Gasteiger partial charge is 0.340 e. The average Bonchev–Trinajstić information content (AvgIpc) is 3.07. The summed E-state index contributed by atoms with van der Waals surface area (Å²) >= 11 is 0. The van der Waals surface area contributed by atoms with Gasteiger partial charge in [0, 0.05) is 37.3 Å². The molecule has 0 aromatic rings. The Labute approximate surface area is 184 Å². The lowest BCUT2D eigenvalue weighted by atomic mass is 9.76. The second-order valence-corrected chi connectivity index (χ2v) is 10.9. The molecule has 178 valence electrons. The Balaban J connectivity index is 0.00000103. The molecule has 1 aliphatic rings. The minimum absolute atomic E-state index is 0.168. The third kappa shape index (κ3) is 10.9. The third-order valence-corrected chi connectivity index (χ3v) is 6.86. The maximum atomic E-state index is 12.8. The Morgan fingerprint density at radius 1 is 1.27 bits per heavy atom. The quantitative estimate of drug-likeness (QED) is 0.337. The van der Waals surface area contributed by atoms with Crippen LogP contribution in [-0.2, 0) is 23.9 Å². The minimum Gasteiger partial charge on any atom is -0.340 e. The zero-order chi connectivity index (χ0) is 23.6. The molecule has 2 unspecified atom stereocenters. The van der Waals surface area contributed by atoms with E-state index in [0.29, 0.717) is 18.6 Å². The van der Waals surface area contributed by atoms with Crippen molar-refractivity contribution in [3.05, 3.63) is 0 Å². The third-order valence-electron chi connectivity index (χ3n) is 6.20. The first-order chi connectivity index (χ1) is 13.7. The molecule has 1 amide bonds. The highest BCUT2D eigenvalue weighted by molar-refractivity contribution is 7.85. The van der Waals surface area contributed by atoms with Crippen molar-refractivity contribution in [3.8, 4) is 0 Å². The van der Waals surface area contributed by atoms with Crippen LogP contribution < -0.4 is 0 Å². The van der Waals surface area contributed by atoms with Crippen molar-refractivity contribution in [1.29, 1.82) is 0 Å². The topological polar surface area (TPSA) is 80.8 Å². The second-order valence-electron chi connectivity index (χ2n) is 9.27. The number of Topliss-reactive ketones (excluding diaryl/α,β-unsaturated/α-hetero) is 1. The van der Waals surface area contributed by atoms with Gasteiger partial charge in [0.15, 0.2) is 0 Å². The van der Waals surface area contributed by atoms with Gasteiger partial charge in [-0.1, -0.05) is 13.8 Å². The van der Waals surface area contributed by atoms with Crippen LogP contribution in [0.2, 0.25) is 0 Å². The van der Waals surface area contributed by atoms with Gasteiger partial charge in [-0.05, 0) is 40.0 Å². The fourth-order valence-corrected chi connectivity index (χ4v) is 4.12. The molecule has 0 spiro atoms. The molecule has 1 saturated heterocycles. The number of rotatable bonds is 12. The number of quaternary nitrogens is 1. The Morgan fingerprint density at radius 3 is 2.23 bits per heavy atom. The normalized spacial score (nSPS) is 17.9. The van der Waals surface area contributed by atoms with Crippen LogP contribution >= 0.6 is 0 Å². The summed E-state index contributed by atoms with van der Waals surface area (Å²) in [5.74, 6) is 0.625. The highest BCUT2D eigenvalue weighted by Gasteiger charge is 2.36. The van der Waals surface area contributed by atoms with E-state index in [1.165, 1.54) is 0 Å². The van der Waals surface area contributed by atoms with Gasteiger partial charge in [0.25, 0.3) is 10.1 Å². The summed E-state index contributed by atoms with van der Waals surface area (Å²) < 4.78 is 25.2. The van der Waals surface area contributed by atoms with Crippen LogP contribution in [0.1, 0.15) is 73.1 Å². The molecular weight excluding hydrogens is 404 g/mol. The first-order valence-corrected chi connectivity index (χ1v) is 13.0. The molecule has 0 aromatic heterocycles. The molecule has 0 N–H and O–H groups in total. The van der Waals surface area contributed by atoms with E-state index in [4.69, 9.17) is 0 Å². The van der Waals surface area contributed by atoms with Gasteiger partial charge >= 0.3 is 0 Å². The Morgan fingerprint density at radius 2 is 1.87 bits per heavy atom. The lowest BCUT2D eigenvalue weighted by molar-refractivity contribution is -0.888. The average molecular weight is 450 g/mol. The monoisotopic (exact) mass is 449 g/mol. The van der Waals surface area contributed by atoms with Crippen LogP contribution in [0, 0.1) is 5.41 Å². The number of nitrogens with zero attached hydrogens (tertiary/aromatic N) is 2. The van der Waals surface area contributed by atoms with Crippen molar-refractivity contribution in [2.24, 2.45) is 5.41 Å². The minimum atomic E-state index is -3.17. The molecule has 1 heterocycles. The number of ketones is 1. The van der Waals surface area contributed by atoms with E-state index in [-0.39, 0.29) is 24.0 Å². The zero-order valence-electron chi connectivity index (χ0n) is 20.5. The predicted octanol–water partition coefficient (Wildman–Crippen LogP) is 3.23. The van der Waals surface area contributed by atoms with E-state index in [1.54, 1.807) is 6.92 Å². The fraction of sp³-hybridized carbons (Fsp3) is 0.909. The van der Waals surface area contributed by atoms with Crippen LogP contribution in [-0.4, -0.2) is 82.1 Å². The molecule has 0 aromatic carbocycles. The van der Waals surface area contributed by atoms with Gasteiger partial charge in [0.1, 0.15) is 5.78 Å². The number of carbonyl (C=O) groups excluding carboxylic acids is 2. The van der Waals surface area contributed by atoms with E-state index >= 15 is 0 Å². The summed E-state index contributed by atoms with van der Waals surface area (Å²) in [5, 5.41) is 0. The van der Waals surface area contributed by atoms with Gasteiger partial charge in [0.05, 0.1) is 40.0 Å². The molecule has 0 radical (unpaired) electrons. The molecule has 2 atom stereocenters. The molecule has 30 heavy (non-hydrogen) atoms. The molecule has 1 fully saturated rings. The van der Waals surface area contributed by atoms with Crippen LogP contribution in [0.5, 0.6) is 0 Å². The Kier molecular flexibility index (Phi) is 12.3. The van der Waals surface area contributed by atoms with Crippen LogP contribution in [0.15, 0.2) is 0 Å². The first kappa shape index (κ1) is 29.0.